The average molecular weight is 210 g/mol. The van der Waals surface area contributed by atoms with Crippen LogP contribution < -0.4 is 10.6 Å². The van der Waals surface area contributed by atoms with Gasteiger partial charge >= 0.3 is 0 Å². The van der Waals surface area contributed by atoms with Crippen molar-refractivity contribution >= 4 is 5.91 Å². The van der Waals surface area contributed by atoms with Crippen molar-refractivity contribution < 1.29 is 4.79 Å². The lowest BCUT2D eigenvalue weighted by atomic mass is 10.1. The number of aromatic amines is 1. The van der Waals surface area contributed by atoms with Gasteiger partial charge in [0.1, 0.15) is 0 Å². The first-order valence-electron chi connectivity index (χ1n) is 5.11. The summed E-state index contributed by atoms with van der Waals surface area (Å²) >= 11 is 0. The fourth-order valence-corrected chi connectivity index (χ4v) is 1.70. The van der Waals surface area contributed by atoms with E-state index >= 15 is 0 Å². The van der Waals surface area contributed by atoms with Crippen LogP contribution >= 0.6 is 0 Å². The molecule has 3 N–H and O–H groups in total. The zero-order valence-corrected chi connectivity index (χ0v) is 8.36. The van der Waals surface area contributed by atoms with E-state index < -0.39 is 0 Å². The fourth-order valence-electron chi connectivity index (χ4n) is 1.70. The van der Waals surface area contributed by atoms with Gasteiger partial charge in [-0.05, 0) is 31.0 Å². The van der Waals surface area contributed by atoms with Crippen LogP contribution in [0.3, 0.4) is 0 Å². The number of tetrazole rings is 1. The largest absolute Gasteiger partial charge is 0.349 e. The maximum atomic E-state index is 11.4. The number of carbonyl (C=O) groups excluding carboxylic acids is 1. The molecule has 1 aliphatic rings. The predicted molar refractivity (Wildman–Crippen MR) is 52.2 cm³/mol. The smallest absolute Gasteiger partial charge is 0.292 e. The van der Waals surface area contributed by atoms with Crippen molar-refractivity contribution in [2.75, 3.05) is 13.1 Å². The molecule has 82 valence electrons. The van der Waals surface area contributed by atoms with E-state index in [0.717, 1.165) is 13.0 Å². The molecule has 7 nitrogen and oxygen atoms in total. The molecule has 1 saturated heterocycles. The molecule has 0 radical (unpaired) electrons. The summed E-state index contributed by atoms with van der Waals surface area (Å²) in [6.07, 6.45) is 3.37. The highest BCUT2D eigenvalue weighted by Crippen LogP contribution is 2.07. The zero-order valence-electron chi connectivity index (χ0n) is 8.36. The number of carbonyl (C=O) groups is 1. The maximum Gasteiger partial charge on any atom is 0.292 e. The predicted octanol–water partition coefficient (Wildman–Crippen LogP) is -0.928. The third-order valence-corrected chi connectivity index (χ3v) is 2.49. The Morgan fingerprint density at radius 2 is 2.53 bits per heavy atom. The number of nitrogens with one attached hydrogen (secondary N) is 3. The molecule has 0 spiro atoms. The minimum Gasteiger partial charge on any atom is -0.349 e. The van der Waals surface area contributed by atoms with Crippen LogP contribution in [-0.4, -0.2) is 45.7 Å². The summed E-state index contributed by atoms with van der Waals surface area (Å²) in [5.74, 6) is -0.184. The quantitative estimate of drug-likeness (QED) is 0.597. The molecule has 0 aromatic carbocycles. The summed E-state index contributed by atoms with van der Waals surface area (Å²) in [5, 5.41) is 18.9. The molecule has 1 aromatic heterocycles. The topological polar surface area (TPSA) is 95.6 Å². The lowest BCUT2D eigenvalue weighted by molar-refractivity contribution is 0.0942. The standard InChI is InChI=1S/C8H14N6O/c15-8(7-11-13-14-12-7)10-5-3-6-2-1-4-9-6/h6,9H,1-5H2,(H,10,15)(H,11,12,13,14)/t6-/m0/s1. The second-order valence-corrected chi connectivity index (χ2v) is 3.57. The molecule has 0 aliphatic carbocycles. The first-order valence-corrected chi connectivity index (χ1v) is 5.11. The van der Waals surface area contributed by atoms with E-state index in [1.165, 1.54) is 12.8 Å². The van der Waals surface area contributed by atoms with Gasteiger partial charge in [0.2, 0.25) is 0 Å². The molecule has 1 aromatic rings. The van der Waals surface area contributed by atoms with E-state index in [2.05, 4.69) is 31.3 Å². The van der Waals surface area contributed by atoms with Gasteiger partial charge in [-0.25, -0.2) is 0 Å². The van der Waals surface area contributed by atoms with Crippen molar-refractivity contribution in [2.45, 2.75) is 25.3 Å². The molecule has 0 bridgehead atoms. The summed E-state index contributed by atoms with van der Waals surface area (Å²) in [6, 6.07) is 0.538. The lowest BCUT2D eigenvalue weighted by Crippen LogP contribution is -2.31. The van der Waals surface area contributed by atoms with Crippen LogP contribution in [0.2, 0.25) is 0 Å². The van der Waals surface area contributed by atoms with Gasteiger partial charge in [-0.2, -0.15) is 5.21 Å². The third kappa shape index (κ3) is 2.72. The van der Waals surface area contributed by atoms with E-state index in [1.54, 1.807) is 0 Å². The van der Waals surface area contributed by atoms with E-state index in [9.17, 15) is 4.79 Å². The molecule has 0 saturated carbocycles. The Labute approximate surface area is 87.0 Å². The van der Waals surface area contributed by atoms with Crippen molar-refractivity contribution in [3.63, 3.8) is 0 Å². The summed E-state index contributed by atoms with van der Waals surface area (Å²) in [5.41, 5.74) is 0. The van der Waals surface area contributed by atoms with Crippen LogP contribution in [0.15, 0.2) is 0 Å². The highest BCUT2D eigenvalue weighted by molar-refractivity contribution is 5.89. The second kappa shape index (κ2) is 4.83. The Morgan fingerprint density at radius 3 is 3.20 bits per heavy atom. The summed E-state index contributed by atoms with van der Waals surface area (Å²) in [6.45, 7) is 1.73. The van der Waals surface area contributed by atoms with Crippen molar-refractivity contribution in [3.8, 4) is 0 Å². The SMILES string of the molecule is O=C(NCC[C@@H]1CCCN1)c1nn[nH]n1. The Morgan fingerprint density at radius 1 is 1.60 bits per heavy atom. The van der Waals surface area contributed by atoms with Gasteiger partial charge in [-0.1, -0.05) is 0 Å². The van der Waals surface area contributed by atoms with Crippen molar-refractivity contribution in [2.24, 2.45) is 0 Å². The van der Waals surface area contributed by atoms with Gasteiger partial charge < -0.3 is 10.6 Å². The van der Waals surface area contributed by atoms with Gasteiger partial charge in [-0.3, -0.25) is 4.79 Å². The molecule has 1 aliphatic heterocycles. The molecule has 1 atom stereocenters. The highest BCUT2D eigenvalue weighted by atomic mass is 16.2. The van der Waals surface area contributed by atoms with Gasteiger partial charge in [0.25, 0.3) is 11.7 Å². The molecule has 7 heteroatoms. The number of aromatic nitrogens is 4. The molecule has 2 heterocycles. The molecule has 0 unspecified atom stereocenters. The summed E-state index contributed by atoms with van der Waals surface area (Å²) in [4.78, 5) is 11.4. The second-order valence-electron chi connectivity index (χ2n) is 3.57. The van der Waals surface area contributed by atoms with E-state index in [1.807, 2.05) is 0 Å². The number of H-pyrrole nitrogens is 1. The first kappa shape index (κ1) is 10.0. The normalized spacial score (nSPS) is 20.4. The van der Waals surface area contributed by atoms with Crippen LogP contribution in [-0.2, 0) is 0 Å². The van der Waals surface area contributed by atoms with Gasteiger partial charge in [0.15, 0.2) is 0 Å². The monoisotopic (exact) mass is 210 g/mol. The average Bonchev–Trinajstić information content (AvgIpc) is 2.90. The minimum absolute atomic E-state index is 0.0920. The molecule has 1 fully saturated rings. The van der Waals surface area contributed by atoms with Crippen LogP contribution in [0.1, 0.15) is 29.9 Å². The number of nitrogens with zero attached hydrogens (tertiary/aromatic N) is 3. The summed E-state index contributed by atoms with van der Waals surface area (Å²) in [7, 11) is 0. The fraction of sp³-hybridized carbons (Fsp3) is 0.750. The van der Waals surface area contributed by atoms with Gasteiger partial charge in [0.05, 0.1) is 0 Å². The minimum atomic E-state index is -0.276. The zero-order chi connectivity index (χ0) is 10.5. The molecule has 15 heavy (non-hydrogen) atoms. The van der Waals surface area contributed by atoms with Crippen molar-refractivity contribution in [1.29, 1.82) is 0 Å². The van der Waals surface area contributed by atoms with E-state index in [-0.39, 0.29) is 11.7 Å². The Hall–Kier alpha value is -1.50. The Balaban J connectivity index is 1.67. The maximum absolute atomic E-state index is 11.4. The van der Waals surface area contributed by atoms with Crippen molar-refractivity contribution in [1.82, 2.24) is 31.3 Å². The van der Waals surface area contributed by atoms with Crippen LogP contribution in [0.25, 0.3) is 0 Å². The molecular formula is C8H14N6O. The summed E-state index contributed by atoms with van der Waals surface area (Å²) < 4.78 is 0. The molecular weight excluding hydrogens is 196 g/mol. The van der Waals surface area contributed by atoms with Crippen LogP contribution in [0.5, 0.6) is 0 Å². The number of rotatable bonds is 4. The van der Waals surface area contributed by atoms with E-state index in [4.69, 9.17) is 0 Å². The Kier molecular flexibility index (Phi) is 3.23. The third-order valence-electron chi connectivity index (χ3n) is 2.49. The van der Waals surface area contributed by atoms with Gasteiger partial charge in [0, 0.05) is 12.6 Å². The van der Waals surface area contributed by atoms with Crippen molar-refractivity contribution in [3.05, 3.63) is 5.82 Å². The number of hydrogen-bond acceptors (Lipinski definition) is 5. The van der Waals surface area contributed by atoms with Gasteiger partial charge in [-0.15, -0.1) is 10.2 Å². The van der Waals surface area contributed by atoms with Crippen LogP contribution in [0, 0.1) is 0 Å². The highest BCUT2D eigenvalue weighted by Gasteiger charge is 2.15. The molecule has 1 amide bonds. The Bertz CT molecular complexity index is 305. The first-order chi connectivity index (χ1) is 7.36. The number of amides is 1. The number of hydrogen-bond donors (Lipinski definition) is 3. The lowest BCUT2D eigenvalue weighted by Gasteiger charge is -2.09. The molecule has 2 rings (SSSR count). The van der Waals surface area contributed by atoms with Crippen LogP contribution in [0.4, 0.5) is 0 Å². The van der Waals surface area contributed by atoms with E-state index in [0.29, 0.717) is 12.6 Å².